The van der Waals surface area contributed by atoms with E-state index in [0.717, 1.165) is 12.3 Å². The molecule has 0 aliphatic rings. The molecule has 114 valence electrons. The van der Waals surface area contributed by atoms with Crippen LogP contribution in [0.25, 0.3) is 0 Å². The first kappa shape index (κ1) is 17.0. The molecule has 0 fully saturated rings. The van der Waals surface area contributed by atoms with E-state index in [1.165, 1.54) is 0 Å². The molecule has 0 aliphatic carbocycles. The minimum Gasteiger partial charge on any atom is -0.396 e. The van der Waals surface area contributed by atoms with Gasteiger partial charge in [-0.05, 0) is 17.9 Å². The maximum Gasteiger partial charge on any atom is 0.417 e. The van der Waals surface area contributed by atoms with Gasteiger partial charge >= 0.3 is 6.18 Å². The van der Waals surface area contributed by atoms with Crippen molar-refractivity contribution < 1.29 is 18.3 Å². The van der Waals surface area contributed by atoms with Gasteiger partial charge in [-0.15, -0.1) is 0 Å². The predicted octanol–water partition coefficient (Wildman–Crippen LogP) is 3.96. The number of halogens is 4. The molecule has 20 heavy (non-hydrogen) atoms. The lowest BCUT2D eigenvalue weighted by atomic mass is 9.85. The number of nitrogens with one attached hydrogen (secondary N) is 1. The van der Waals surface area contributed by atoms with E-state index < -0.39 is 11.7 Å². The van der Waals surface area contributed by atoms with Gasteiger partial charge in [0.1, 0.15) is 5.82 Å². The fraction of sp³-hybridized carbons (Fsp3) is 0.615. The van der Waals surface area contributed by atoms with Gasteiger partial charge in [-0.2, -0.15) is 13.2 Å². The van der Waals surface area contributed by atoms with Crippen molar-refractivity contribution in [1.29, 1.82) is 0 Å². The van der Waals surface area contributed by atoms with Crippen molar-refractivity contribution in [2.24, 2.45) is 5.41 Å². The highest BCUT2D eigenvalue weighted by Crippen LogP contribution is 2.33. The van der Waals surface area contributed by atoms with Gasteiger partial charge in [-0.25, -0.2) is 4.98 Å². The summed E-state index contributed by atoms with van der Waals surface area (Å²) in [4.78, 5) is 3.74. The summed E-state index contributed by atoms with van der Waals surface area (Å²) in [5.41, 5.74) is -1.08. The Morgan fingerprint density at radius 3 is 2.35 bits per heavy atom. The van der Waals surface area contributed by atoms with Crippen LogP contribution in [0, 0.1) is 5.41 Å². The number of aromatic nitrogens is 1. The molecule has 3 nitrogen and oxygen atoms in total. The standard InChI is InChI=1S/C13H18ClF3N2O/c1-12(2,3)10(4-5-20)19-11-9(14)6-8(7-18-11)13(15,16)17/h6-7,10,20H,4-5H2,1-3H3,(H,18,19). The highest BCUT2D eigenvalue weighted by Gasteiger charge is 2.32. The Kier molecular flexibility index (Phi) is 5.27. The maximum absolute atomic E-state index is 12.5. The van der Waals surface area contributed by atoms with Crippen molar-refractivity contribution in [1.82, 2.24) is 4.98 Å². The van der Waals surface area contributed by atoms with Crippen LogP contribution in [0.2, 0.25) is 5.02 Å². The van der Waals surface area contributed by atoms with Crippen LogP contribution in [0.4, 0.5) is 19.0 Å². The molecule has 7 heteroatoms. The van der Waals surface area contributed by atoms with E-state index in [1.54, 1.807) is 0 Å². The van der Waals surface area contributed by atoms with Crippen molar-refractivity contribution in [2.45, 2.75) is 39.4 Å². The summed E-state index contributed by atoms with van der Waals surface area (Å²) in [6, 6.07) is 0.685. The average molecular weight is 311 g/mol. The SMILES string of the molecule is CC(C)(C)C(CCO)Nc1ncc(C(F)(F)F)cc1Cl. The Bertz CT molecular complexity index is 458. The summed E-state index contributed by atoms with van der Waals surface area (Å²) in [6.07, 6.45) is -3.28. The van der Waals surface area contributed by atoms with Crippen molar-refractivity contribution in [2.75, 3.05) is 11.9 Å². The van der Waals surface area contributed by atoms with Gasteiger partial charge in [0.25, 0.3) is 0 Å². The van der Waals surface area contributed by atoms with E-state index in [2.05, 4.69) is 10.3 Å². The van der Waals surface area contributed by atoms with E-state index in [9.17, 15) is 13.2 Å². The molecule has 1 aromatic heterocycles. The summed E-state index contributed by atoms with van der Waals surface area (Å²) in [7, 11) is 0. The van der Waals surface area contributed by atoms with Crippen molar-refractivity contribution >= 4 is 17.4 Å². The largest absolute Gasteiger partial charge is 0.417 e. The highest BCUT2D eigenvalue weighted by atomic mass is 35.5. The lowest BCUT2D eigenvalue weighted by molar-refractivity contribution is -0.137. The molecule has 0 spiro atoms. The Hall–Kier alpha value is -1.01. The average Bonchev–Trinajstić information content (AvgIpc) is 2.28. The third kappa shape index (κ3) is 4.52. The summed E-state index contributed by atoms with van der Waals surface area (Å²) in [5.74, 6) is 0.188. The monoisotopic (exact) mass is 310 g/mol. The smallest absolute Gasteiger partial charge is 0.396 e. The molecule has 1 unspecified atom stereocenters. The number of nitrogens with zero attached hydrogens (tertiary/aromatic N) is 1. The van der Waals surface area contributed by atoms with Crippen molar-refractivity contribution in [3.8, 4) is 0 Å². The van der Waals surface area contributed by atoms with E-state index in [1.807, 2.05) is 20.8 Å². The quantitative estimate of drug-likeness (QED) is 0.884. The van der Waals surface area contributed by atoms with Crippen LogP contribution in [0.3, 0.4) is 0 Å². The van der Waals surface area contributed by atoms with E-state index in [4.69, 9.17) is 16.7 Å². The topological polar surface area (TPSA) is 45.1 Å². The normalized spacial score (nSPS) is 14.2. The number of hydrogen-bond acceptors (Lipinski definition) is 3. The lowest BCUT2D eigenvalue weighted by Crippen LogP contribution is -2.35. The zero-order valence-corrected chi connectivity index (χ0v) is 12.3. The first-order valence-corrected chi connectivity index (χ1v) is 6.53. The summed E-state index contributed by atoms with van der Waals surface area (Å²) >= 11 is 5.84. The van der Waals surface area contributed by atoms with E-state index in [-0.39, 0.29) is 28.9 Å². The van der Waals surface area contributed by atoms with Crippen LogP contribution >= 0.6 is 11.6 Å². The molecule has 1 rings (SSSR count). The second-order valence-electron chi connectivity index (χ2n) is 5.63. The fourth-order valence-corrected chi connectivity index (χ4v) is 1.94. The van der Waals surface area contributed by atoms with E-state index in [0.29, 0.717) is 6.42 Å². The number of hydrogen-bond donors (Lipinski definition) is 2. The molecular formula is C13H18ClF3N2O. The predicted molar refractivity (Wildman–Crippen MR) is 72.8 cm³/mol. The molecule has 0 saturated heterocycles. The Labute approximate surface area is 121 Å². The van der Waals surface area contributed by atoms with E-state index >= 15 is 0 Å². The number of alkyl halides is 3. The highest BCUT2D eigenvalue weighted by molar-refractivity contribution is 6.33. The van der Waals surface area contributed by atoms with Gasteiger partial charge in [0, 0.05) is 18.8 Å². The molecule has 0 radical (unpaired) electrons. The molecule has 0 amide bonds. The van der Waals surface area contributed by atoms with Crippen LogP contribution in [-0.2, 0) is 6.18 Å². The van der Waals surface area contributed by atoms with Gasteiger partial charge in [0.15, 0.2) is 0 Å². The Balaban J connectivity index is 2.98. The van der Waals surface area contributed by atoms with Gasteiger partial charge in [0.2, 0.25) is 0 Å². The Morgan fingerprint density at radius 2 is 1.95 bits per heavy atom. The molecule has 1 heterocycles. The maximum atomic E-state index is 12.5. The molecule has 1 atom stereocenters. The minimum atomic E-state index is -4.47. The first-order chi connectivity index (χ1) is 9.05. The van der Waals surface area contributed by atoms with Gasteiger partial charge < -0.3 is 10.4 Å². The molecule has 0 saturated carbocycles. The van der Waals surface area contributed by atoms with Crippen molar-refractivity contribution in [3.05, 3.63) is 22.8 Å². The van der Waals surface area contributed by atoms with Gasteiger partial charge in [0.05, 0.1) is 10.6 Å². The summed E-state index contributed by atoms with van der Waals surface area (Å²) in [6.45, 7) is 5.84. The summed E-state index contributed by atoms with van der Waals surface area (Å²) in [5, 5.41) is 12.0. The molecule has 0 aromatic carbocycles. The second-order valence-corrected chi connectivity index (χ2v) is 6.03. The van der Waals surface area contributed by atoms with Crippen LogP contribution < -0.4 is 5.32 Å². The summed E-state index contributed by atoms with van der Waals surface area (Å²) < 4.78 is 37.6. The van der Waals surface area contributed by atoms with Gasteiger partial charge in [-0.3, -0.25) is 0 Å². The zero-order chi connectivity index (χ0) is 15.6. The molecule has 2 N–H and O–H groups in total. The molecule has 1 aromatic rings. The van der Waals surface area contributed by atoms with Crippen LogP contribution in [0.5, 0.6) is 0 Å². The third-order valence-electron chi connectivity index (χ3n) is 2.94. The second kappa shape index (κ2) is 6.18. The number of aliphatic hydroxyl groups excluding tert-OH is 1. The van der Waals surface area contributed by atoms with Crippen LogP contribution in [-0.4, -0.2) is 22.7 Å². The zero-order valence-electron chi connectivity index (χ0n) is 11.6. The molecule has 0 aliphatic heterocycles. The molecular weight excluding hydrogens is 293 g/mol. The number of rotatable bonds is 4. The van der Waals surface area contributed by atoms with Crippen molar-refractivity contribution in [3.63, 3.8) is 0 Å². The van der Waals surface area contributed by atoms with Crippen LogP contribution in [0.1, 0.15) is 32.8 Å². The fourth-order valence-electron chi connectivity index (χ4n) is 1.71. The lowest BCUT2D eigenvalue weighted by Gasteiger charge is -2.31. The molecule has 0 bridgehead atoms. The first-order valence-electron chi connectivity index (χ1n) is 6.16. The number of anilines is 1. The Morgan fingerprint density at radius 1 is 1.35 bits per heavy atom. The minimum absolute atomic E-state index is 0.0345. The number of pyridine rings is 1. The third-order valence-corrected chi connectivity index (χ3v) is 3.23. The number of aliphatic hydroxyl groups is 1. The van der Waals surface area contributed by atoms with Gasteiger partial charge in [-0.1, -0.05) is 32.4 Å². The van der Waals surface area contributed by atoms with Crippen LogP contribution in [0.15, 0.2) is 12.3 Å².